The van der Waals surface area contributed by atoms with Crippen LogP contribution in [0, 0.1) is 5.92 Å². The van der Waals surface area contributed by atoms with Crippen molar-refractivity contribution in [1.82, 2.24) is 4.98 Å². The summed E-state index contributed by atoms with van der Waals surface area (Å²) in [4.78, 5) is 18.3. The number of halogens is 1. The molecule has 0 radical (unpaired) electrons. The van der Waals surface area contributed by atoms with Gasteiger partial charge in [0.1, 0.15) is 6.17 Å². The lowest BCUT2D eigenvalue weighted by molar-refractivity contribution is -0.124. The molecular formula is C17H23FN2O2S2. The number of hydrogen-bond acceptors (Lipinski definition) is 5. The summed E-state index contributed by atoms with van der Waals surface area (Å²) in [5, 5.41) is 14.7. The first-order valence-electron chi connectivity index (χ1n) is 8.00. The van der Waals surface area contributed by atoms with Gasteiger partial charge >= 0.3 is 0 Å². The Hall–Kier alpha value is -1.18. The second-order valence-corrected chi connectivity index (χ2v) is 7.96. The van der Waals surface area contributed by atoms with E-state index in [1.165, 1.54) is 23.1 Å². The zero-order valence-electron chi connectivity index (χ0n) is 14.1. The highest BCUT2D eigenvalue weighted by atomic mass is 32.2. The van der Waals surface area contributed by atoms with Crippen LogP contribution in [0.5, 0.6) is 0 Å². The van der Waals surface area contributed by atoms with Crippen molar-refractivity contribution in [3.05, 3.63) is 27.6 Å². The van der Waals surface area contributed by atoms with Gasteiger partial charge in [0.2, 0.25) is 5.91 Å². The van der Waals surface area contributed by atoms with Crippen molar-refractivity contribution in [1.29, 1.82) is 0 Å². The molecule has 1 amide bonds. The van der Waals surface area contributed by atoms with Crippen LogP contribution in [0.1, 0.15) is 45.7 Å². The van der Waals surface area contributed by atoms with Gasteiger partial charge in [-0.25, -0.2) is 9.37 Å². The normalized spacial score (nSPS) is 20.5. The molecular weight excluding hydrogens is 347 g/mol. The van der Waals surface area contributed by atoms with Crippen LogP contribution in [0.15, 0.2) is 21.9 Å². The molecule has 1 saturated carbocycles. The lowest BCUT2D eigenvalue weighted by Crippen LogP contribution is -2.35. The average Bonchev–Trinajstić information content (AvgIpc) is 2.95. The van der Waals surface area contributed by atoms with Gasteiger partial charge in [0.05, 0.1) is 12.3 Å². The van der Waals surface area contributed by atoms with Crippen LogP contribution in [0.4, 0.5) is 9.52 Å². The third-order valence-electron chi connectivity index (χ3n) is 3.69. The Bertz CT molecular complexity index is 645. The third-order valence-corrected chi connectivity index (χ3v) is 5.83. The van der Waals surface area contributed by atoms with Gasteiger partial charge in [0, 0.05) is 21.1 Å². The van der Waals surface area contributed by atoms with Crippen LogP contribution in [-0.4, -0.2) is 28.8 Å². The van der Waals surface area contributed by atoms with E-state index in [9.17, 15) is 14.3 Å². The van der Waals surface area contributed by atoms with Crippen LogP contribution in [-0.2, 0) is 4.79 Å². The number of thiazole rings is 1. The van der Waals surface area contributed by atoms with Gasteiger partial charge in [-0.1, -0.05) is 30.3 Å². The molecule has 0 spiro atoms. The Morgan fingerprint density at radius 2 is 2.25 bits per heavy atom. The Morgan fingerprint density at radius 3 is 2.79 bits per heavy atom. The summed E-state index contributed by atoms with van der Waals surface area (Å²) in [6.07, 6.45) is 2.62. The smallest absolute Gasteiger partial charge is 0.229 e. The second-order valence-electron chi connectivity index (χ2n) is 5.96. The molecule has 0 atom stereocenters. The highest BCUT2D eigenvalue weighted by molar-refractivity contribution is 8.11. The van der Waals surface area contributed by atoms with Crippen molar-refractivity contribution >= 4 is 39.0 Å². The quantitative estimate of drug-likeness (QED) is 0.736. The maximum absolute atomic E-state index is 12.9. The van der Waals surface area contributed by atoms with Crippen molar-refractivity contribution < 1.29 is 14.3 Å². The molecule has 2 N–H and O–H groups in total. The van der Waals surface area contributed by atoms with Gasteiger partial charge in [-0.15, -0.1) is 11.3 Å². The minimum Gasteiger partial charge on any atom is -0.391 e. The monoisotopic (exact) mass is 370 g/mol. The van der Waals surface area contributed by atoms with E-state index >= 15 is 0 Å². The Balaban J connectivity index is 2.07. The highest BCUT2D eigenvalue weighted by Gasteiger charge is 2.34. The van der Waals surface area contributed by atoms with Gasteiger partial charge in [-0.05, 0) is 33.1 Å². The first-order chi connectivity index (χ1) is 11.4. The fourth-order valence-electron chi connectivity index (χ4n) is 2.31. The summed E-state index contributed by atoms with van der Waals surface area (Å²) in [5.74, 6) is -0.392. The molecule has 0 saturated heterocycles. The summed E-state index contributed by atoms with van der Waals surface area (Å²) >= 11 is 2.86. The molecule has 7 heteroatoms. The molecule has 2 rings (SSSR count). The number of aliphatic hydroxyl groups excluding tert-OH is 1. The van der Waals surface area contributed by atoms with Crippen molar-refractivity contribution in [2.24, 2.45) is 5.92 Å². The van der Waals surface area contributed by atoms with E-state index in [1.807, 2.05) is 32.2 Å². The molecule has 0 aliphatic heterocycles. The van der Waals surface area contributed by atoms with E-state index in [0.717, 1.165) is 27.5 Å². The first-order valence-corrected chi connectivity index (χ1v) is 9.70. The number of aliphatic hydroxyl groups is 1. The van der Waals surface area contributed by atoms with Gasteiger partial charge in [-0.2, -0.15) is 0 Å². The van der Waals surface area contributed by atoms with E-state index in [-0.39, 0.29) is 18.4 Å². The Morgan fingerprint density at radius 1 is 1.54 bits per heavy atom. The van der Waals surface area contributed by atoms with Gasteiger partial charge in [0.15, 0.2) is 5.13 Å². The van der Waals surface area contributed by atoms with Crippen LogP contribution in [0.2, 0.25) is 0 Å². The van der Waals surface area contributed by atoms with Gasteiger partial charge < -0.3 is 10.4 Å². The predicted molar refractivity (Wildman–Crippen MR) is 99.7 cm³/mol. The third kappa shape index (κ3) is 4.91. The Kier molecular flexibility index (Phi) is 7.01. The number of aromatic nitrogens is 1. The summed E-state index contributed by atoms with van der Waals surface area (Å²) in [7, 11) is 0. The number of nitrogens with zero attached hydrogens (tertiary/aromatic N) is 1. The van der Waals surface area contributed by atoms with E-state index in [0.29, 0.717) is 18.0 Å². The summed E-state index contributed by atoms with van der Waals surface area (Å²) in [6.45, 7) is 6.01. The van der Waals surface area contributed by atoms with Crippen molar-refractivity contribution in [2.45, 2.75) is 46.2 Å². The van der Waals surface area contributed by atoms with Gasteiger partial charge in [-0.3, -0.25) is 4.79 Å². The number of anilines is 1. The van der Waals surface area contributed by atoms with Crippen LogP contribution in [0.25, 0.3) is 4.91 Å². The van der Waals surface area contributed by atoms with E-state index < -0.39 is 6.17 Å². The Labute approximate surface area is 150 Å². The number of allylic oxidation sites excluding steroid dienone is 2. The first kappa shape index (κ1) is 19.1. The standard InChI is InChI=1S/C17H23FN2O2S2/c1-4-5-13(8-21)24-15(10(2)3)14-9-23-17(19-14)20-16(22)11-6-12(18)7-11/h5,9,11-12,21H,4,6-8H2,1-3H3,(H,19,20,22)/b13-5+. The van der Waals surface area contributed by atoms with Crippen LogP contribution in [0.3, 0.4) is 0 Å². The van der Waals surface area contributed by atoms with Crippen LogP contribution < -0.4 is 5.32 Å². The number of thioether (sulfide) groups is 1. The molecule has 1 aromatic rings. The molecule has 24 heavy (non-hydrogen) atoms. The van der Waals surface area contributed by atoms with Crippen LogP contribution >= 0.6 is 23.1 Å². The molecule has 0 bridgehead atoms. The fraction of sp³-hybridized carbons (Fsp3) is 0.529. The number of carbonyl (C=O) groups is 1. The predicted octanol–water partition coefficient (Wildman–Crippen LogP) is 4.60. The number of carbonyl (C=O) groups excluding carboxylic acids is 1. The minimum atomic E-state index is -0.844. The maximum Gasteiger partial charge on any atom is 0.229 e. The topological polar surface area (TPSA) is 62.2 Å². The largest absolute Gasteiger partial charge is 0.391 e. The summed E-state index contributed by atoms with van der Waals surface area (Å²) in [5.41, 5.74) is 1.88. The molecule has 1 aliphatic carbocycles. The average molecular weight is 371 g/mol. The molecule has 132 valence electrons. The second kappa shape index (κ2) is 8.78. The molecule has 0 unspecified atom stereocenters. The maximum atomic E-state index is 12.9. The molecule has 1 fully saturated rings. The molecule has 1 aliphatic rings. The zero-order valence-corrected chi connectivity index (χ0v) is 15.8. The zero-order chi connectivity index (χ0) is 17.7. The minimum absolute atomic E-state index is 0.00487. The number of amides is 1. The molecule has 1 heterocycles. The lowest BCUT2D eigenvalue weighted by atomic mass is 9.83. The molecule has 4 nitrogen and oxygen atoms in total. The number of alkyl halides is 1. The summed E-state index contributed by atoms with van der Waals surface area (Å²) in [6, 6.07) is 0. The van der Waals surface area contributed by atoms with Crippen molar-refractivity contribution in [2.75, 3.05) is 11.9 Å². The number of nitrogens with one attached hydrogen (secondary N) is 1. The SMILES string of the molecule is CC/C=C(\CO)SC(=C(C)C)c1csc(NC(=O)C2CC(F)C2)n1. The van der Waals surface area contributed by atoms with Gasteiger partial charge in [0.25, 0.3) is 0 Å². The van der Waals surface area contributed by atoms with E-state index in [4.69, 9.17) is 0 Å². The summed E-state index contributed by atoms with van der Waals surface area (Å²) < 4.78 is 12.9. The number of hydrogen-bond donors (Lipinski definition) is 2. The van der Waals surface area contributed by atoms with E-state index in [2.05, 4.69) is 10.3 Å². The number of rotatable bonds is 7. The molecule has 1 aromatic heterocycles. The fourth-order valence-corrected chi connectivity index (χ4v) is 4.08. The molecule has 0 aromatic carbocycles. The lowest BCUT2D eigenvalue weighted by Gasteiger charge is -2.27. The highest BCUT2D eigenvalue weighted by Crippen LogP contribution is 2.38. The van der Waals surface area contributed by atoms with Crippen molar-refractivity contribution in [3.8, 4) is 0 Å². The van der Waals surface area contributed by atoms with E-state index in [1.54, 1.807) is 0 Å². The van der Waals surface area contributed by atoms with Crippen molar-refractivity contribution in [3.63, 3.8) is 0 Å².